The molecule has 1 aliphatic heterocycles. The zero-order valence-corrected chi connectivity index (χ0v) is 15.6. The van der Waals surface area contributed by atoms with Gasteiger partial charge in [0.15, 0.2) is 0 Å². The van der Waals surface area contributed by atoms with E-state index in [0.717, 1.165) is 31.6 Å². The average molecular weight is 379 g/mol. The second kappa shape index (κ2) is 8.02. The summed E-state index contributed by atoms with van der Waals surface area (Å²) >= 11 is 12.0. The predicted molar refractivity (Wildman–Crippen MR) is 102 cm³/mol. The van der Waals surface area contributed by atoms with Crippen molar-refractivity contribution in [1.82, 2.24) is 9.97 Å². The molecule has 1 saturated heterocycles. The van der Waals surface area contributed by atoms with Gasteiger partial charge in [-0.25, -0.2) is 9.97 Å². The molecule has 0 atom stereocenters. The number of benzene rings is 1. The molecule has 3 rings (SSSR count). The van der Waals surface area contributed by atoms with Crippen molar-refractivity contribution in [3.05, 3.63) is 45.7 Å². The van der Waals surface area contributed by atoms with Crippen LogP contribution in [0.2, 0.25) is 10.0 Å². The summed E-state index contributed by atoms with van der Waals surface area (Å²) in [5.41, 5.74) is 1.64. The lowest BCUT2D eigenvalue weighted by Crippen LogP contribution is -2.27. The van der Waals surface area contributed by atoms with E-state index in [-0.39, 0.29) is 5.91 Å². The second-order valence-electron chi connectivity index (χ2n) is 6.21. The van der Waals surface area contributed by atoms with E-state index >= 15 is 0 Å². The van der Waals surface area contributed by atoms with Crippen LogP contribution in [0.5, 0.6) is 0 Å². The molecule has 7 heteroatoms. The third kappa shape index (κ3) is 4.83. The van der Waals surface area contributed by atoms with Gasteiger partial charge in [-0.3, -0.25) is 4.79 Å². The predicted octanol–water partition coefficient (Wildman–Crippen LogP) is 4.72. The van der Waals surface area contributed by atoms with Crippen LogP contribution < -0.4 is 10.2 Å². The number of aryl methyl sites for hydroxylation is 1. The van der Waals surface area contributed by atoms with Gasteiger partial charge in [0.25, 0.3) is 5.91 Å². The Kier molecular flexibility index (Phi) is 5.76. The van der Waals surface area contributed by atoms with Crippen molar-refractivity contribution in [1.29, 1.82) is 0 Å². The fourth-order valence-electron chi connectivity index (χ4n) is 2.90. The van der Waals surface area contributed by atoms with Crippen LogP contribution in [0.1, 0.15) is 41.9 Å². The van der Waals surface area contributed by atoms with E-state index in [2.05, 4.69) is 20.2 Å². The Morgan fingerprint density at radius 3 is 2.28 bits per heavy atom. The van der Waals surface area contributed by atoms with Crippen LogP contribution in [0.4, 0.5) is 11.6 Å². The van der Waals surface area contributed by atoms with Gasteiger partial charge < -0.3 is 10.2 Å². The van der Waals surface area contributed by atoms with Crippen LogP contribution in [-0.2, 0) is 0 Å². The quantitative estimate of drug-likeness (QED) is 0.838. The average Bonchev–Trinajstić information content (AvgIpc) is 2.82. The Morgan fingerprint density at radius 1 is 1.00 bits per heavy atom. The first-order valence-electron chi connectivity index (χ1n) is 8.39. The third-order valence-corrected chi connectivity index (χ3v) is 4.52. The molecule has 25 heavy (non-hydrogen) atoms. The smallest absolute Gasteiger partial charge is 0.274 e. The SMILES string of the molecule is Cc1cc(C(=O)Nc2cc(Cl)cc(Cl)c2)nc(N2CCCCCC2)n1. The number of carbonyl (C=O) groups is 1. The van der Waals surface area contributed by atoms with Gasteiger partial charge in [-0.05, 0) is 44.0 Å². The zero-order valence-electron chi connectivity index (χ0n) is 14.1. The molecular formula is C18H20Cl2N4O. The maximum Gasteiger partial charge on any atom is 0.274 e. The van der Waals surface area contributed by atoms with Gasteiger partial charge in [0, 0.05) is 34.5 Å². The summed E-state index contributed by atoms with van der Waals surface area (Å²) in [5.74, 6) is 0.316. The van der Waals surface area contributed by atoms with Crippen LogP contribution in [0.3, 0.4) is 0 Å². The Bertz CT molecular complexity index is 753. The number of nitrogens with zero attached hydrogens (tertiary/aromatic N) is 3. The molecular weight excluding hydrogens is 359 g/mol. The maximum absolute atomic E-state index is 12.6. The summed E-state index contributed by atoms with van der Waals surface area (Å²) in [6.07, 6.45) is 4.70. The highest BCUT2D eigenvalue weighted by Crippen LogP contribution is 2.23. The zero-order chi connectivity index (χ0) is 17.8. The largest absolute Gasteiger partial charge is 0.341 e. The first-order chi connectivity index (χ1) is 12.0. The summed E-state index contributed by atoms with van der Waals surface area (Å²) in [6, 6.07) is 6.60. The van der Waals surface area contributed by atoms with Crippen LogP contribution in [0.25, 0.3) is 0 Å². The van der Waals surface area contributed by atoms with Gasteiger partial charge in [-0.1, -0.05) is 36.0 Å². The Morgan fingerprint density at radius 2 is 1.64 bits per heavy atom. The van der Waals surface area contributed by atoms with Crippen molar-refractivity contribution in [2.75, 3.05) is 23.3 Å². The fraction of sp³-hybridized carbons (Fsp3) is 0.389. The van der Waals surface area contributed by atoms with Crippen molar-refractivity contribution in [3.63, 3.8) is 0 Å². The molecule has 1 fully saturated rings. The summed E-state index contributed by atoms with van der Waals surface area (Å²) in [6.45, 7) is 3.72. The van der Waals surface area contributed by atoms with E-state index in [0.29, 0.717) is 27.4 Å². The molecule has 5 nitrogen and oxygen atoms in total. The monoisotopic (exact) mass is 378 g/mol. The Labute approximate surface area is 157 Å². The summed E-state index contributed by atoms with van der Waals surface area (Å²) in [5, 5.41) is 3.72. The van der Waals surface area contributed by atoms with Gasteiger partial charge in [0.2, 0.25) is 5.95 Å². The minimum Gasteiger partial charge on any atom is -0.341 e. The van der Waals surface area contributed by atoms with E-state index in [1.54, 1.807) is 24.3 Å². The van der Waals surface area contributed by atoms with Gasteiger partial charge in [-0.15, -0.1) is 0 Å². The molecule has 1 aliphatic rings. The van der Waals surface area contributed by atoms with E-state index < -0.39 is 0 Å². The minimum atomic E-state index is -0.306. The lowest BCUT2D eigenvalue weighted by Gasteiger charge is -2.21. The third-order valence-electron chi connectivity index (χ3n) is 4.08. The minimum absolute atomic E-state index is 0.306. The fourth-order valence-corrected chi connectivity index (χ4v) is 3.43. The maximum atomic E-state index is 12.6. The summed E-state index contributed by atoms with van der Waals surface area (Å²) in [7, 11) is 0. The summed E-state index contributed by atoms with van der Waals surface area (Å²) < 4.78 is 0. The highest BCUT2D eigenvalue weighted by Gasteiger charge is 2.17. The molecule has 1 N–H and O–H groups in total. The lowest BCUT2D eigenvalue weighted by atomic mass is 10.2. The first kappa shape index (κ1) is 18.0. The highest BCUT2D eigenvalue weighted by atomic mass is 35.5. The second-order valence-corrected chi connectivity index (χ2v) is 7.08. The molecule has 0 aliphatic carbocycles. The molecule has 1 aromatic carbocycles. The Hall–Kier alpha value is -1.85. The molecule has 0 bridgehead atoms. The number of amides is 1. The highest BCUT2D eigenvalue weighted by molar-refractivity contribution is 6.35. The van der Waals surface area contributed by atoms with Crippen molar-refractivity contribution < 1.29 is 4.79 Å². The van der Waals surface area contributed by atoms with Crippen LogP contribution in [0, 0.1) is 6.92 Å². The number of hydrogen-bond donors (Lipinski definition) is 1. The molecule has 0 unspecified atom stereocenters. The molecule has 2 heterocycles. The van der Waals surface area contributed by atoms with Gasteiger partial charge in [-0.2, -0.15) is 0 Å². The van der Waals surface area contributed by atoms with E-state index in [1.807, 2.05) is 6.92 Å². The number of hydrogen-bond acceptors (Lipinski definition) is 4. The van der Waals surface area contributed by atoms with E-state index in [4.69, 9.17) is 23.2 Å². The number of anilines is 2. The van der Waals surface area contributed by atoms with E-state index in [1.165, 1.54) is 12.8 Å². The van der Waals surface area contributed by atoms with Gasteiger partial charge >= 0.3 is 0 Å². The summed E-state index contributed by atoms with van der Waals surface area (Å²) in [4.78, 5) is 23.7. The molecule has 0 spiro atoms. The topological polar surface area (TPSA) is 58.1 Å². The number of carbonyl (C=O) groups excluding carboxylic acids is 1. The van der Waals surface area contributed by atoms with Gasteiger partial charge in [0.05, 0.1) is 0 Å². The molecule has 0 radical (unpaired) electrons. The molecule has 1 aromatic heterocycles. The molecule has 132 valence electrons. The molecule has 0 saturated carbocycles. The lowest BCUT2D eigenvalue weighted by molar-refractivity contribution is 0.102. The first-order valence-corrected chi connectivity index (χ1v) is 9.15. The molecule has 2 aromatic rings. The van der Waals surface area contributed by atoms with E-state index in [9.17, 15) is 4.79 Å². The van der Waals surface area contributed by atoms with Crippen LogP contribution >= 0.6 is 23.2 Å². The number of aromatic nitrogens is 2. The van der Waals surface area contributed by atoms with Gasteiger partial charge in [0.1, 0.15) is 5.69 Å². The number of rotatable bonds is 3. The Balaban J connectivity index is 1.82. The standard InChI is InChI=1S/C18H20Cl2N4O/c1-12-8-16(17(25)22-15-10-13(19)9-14(20)11-15)23-18(21-12)24-6-4-2-3-5-7-24/h8-11H,2-7H2,1H3,(H,22,25). The van der Waals surface area contributed by atoms with Crippen LogP contribution in [-0.4, -0.2) is 29.0 Å². The number of halogens is 2. The molecule has 1 amide bonds. The van der Waals surface area contributed by atoms with Crippen molar-refractivity contribution in [2.45, 2.75) is 32.6 Å². The van der Waals surface area contributed by atoms with Crippen LogP contribution in [0.15, 0.2) is 24.3 Å². The number of nitrogens with one attached hydrogen (secondary N) is 1. The van der Waals surface area contributed by atoms with Crippen molar-refractivity contribution in [2.24, 2.45) is 0 Å². The van der Waals surface area contributed by atoms with Crippen molar-refractivity contribution >= 4 is 40.7 Å². The normalized spacial score (nSPS) is 14.9. The van der Waals surface area contributed by atoms with Crippen molar-refractivity contribution in [3.8, 4) is 0 Å².